The minimum Gasteiger partial charge on any atom is -0.503 e. The molecule has 1 unspecified atom stereocenters. The van der Waals surface area contributed by atoms with E-state index in [1.54, 1.807) is 24.3 Å². The first-order chi connectivity index (χ1) is 19.5. The van der Waals surface area contributed by atoms with Gasteiger partial charge >= 0.3 is 0 Å². The second-order valence-electron chi connectivity index (χ2n) is 11.1. The van der Waals surface area contributed by atoms with Crippen molar-refractivity contribution < 1.29 is 33.3 Å². The van der Waals surface area contributed by atoms with Crippen molar-refractivity contribution in [2.75, 3.05) is 13.9 Å². The lowest BCUT2D eigenvalue weighted by atomic mass is 9.85. The van der Waals surface area contributed by atoms with Crippen LogP contribution in [0.15, 0.2) is 76.4 Å². The molecule has 2 aliphatic heterocycles. The average Bonchev–Trinajstić information content (AvgIpc) is 3.65. The summed E-state index contributed by atoms with van der Waals surface area (Å²) < 4.78 is 22.2. The Hall–Kier alpha value is -4.43. The Balaban J connectivity index is 1.43. The number of ketones is 1. The maximum atomic E-state index is 14.0. The molecule has 0 fully saturated rings. The van der Waals surface area contributed by atoms with Crippen LogP contribution in [-0.4, -0.2) is 35.6 Å². The van der Waals surface area contributed by atoms with Gasteiger partial charge in [0.2, 0.25) is 12.6 Å². The van der Waals surface area contributed by atoms with Gasteiger partial charge in [-0.2, -0.15) is 0 Å². The maximum Gasteiger partial charge on any atom is 0.290 e. The van der Waals surface area contributed by atoms with Gasteiger partial charge in [-0.05, 0) is 46.4 Å². The molecule has 2 aliphatic rings. The number of methoxy groups -OCH3 is 1. The number of hydrogen-bond donors (Lipinski definition) is 1. The molecule has 1 amide bonds. The number of carbonyl (C=O) groups is 2. The van der Waals surface area contributed by atoms with Crippen LogP contribution in [0, 0.1) is 0 Å². The maximum absolute atomic E-state index is 14.0. The Kier molecular flexibility index (Phi) is 6.46. The number of ether oxygens (including phenoxy) is 3. The first-order valence-electron chi connectivity index (χ1n) is 13.1. The summed E-state index contributed by atoms with van der Waals surface area (Å²) in [5.41, 5.74) is 2.70. The normalized spacial score (nSPS) is 16.7. The summed E-state index contributed by atoms with van der Waals surface area (Å²) in [4.78, 5) is 29.1. The smallest absolute Gasteiger partial charge is 0.290 e. The Morgan fingerprint density at radius 2 is 1.78 bits per heavy atom. The van der Waals surface area contributed by atoms with E-state index in [9.17, 15) is 14.7 Å². The van der Waals surface area contributed by atoms with Crippen molar-refractivity contribution in [3.63, 3.8) is 0 Å². The van der Waals surface area contributed by atoms with Gasteiger partial charge in [0.15, 0.2) is 34.4 Å². The highest BCUT2D eigenvalue weighted by Gasteiger charge is 2.44. The Bertz CT molecular complexity index is 1730. The molecule has 0 bridgehead atoms. The lowest BCUT2D eigenvalue weighted by Crippen LogP contribution is -2.30. The van der Waals surface area contributed by atoms with E-state index in [0.29, 0.717) is 38.8 Å². The lowest BCUT2D eigenvalue weighted by Gasteiger charge is -2.28. The van der Waals surface area contributed by atoms with Gasteiger partial charge in [0, 0.05) is 23.0 Å². The molecular formula is C32H28ClNO7. The van der Waals surface area contributed by atoms with Gasteiger partial charge in [0.1, 0.15) is 0 Å². The fraction of sp³-hybridized carbons (Fsp3) is 0.250. The molecule has 0 saturated carbocycles. The number of nitrogens with zero attached hydrogens (tertiary/aromatic N) is 1. The molecule has 1 atom stereocenters. The zero-order valence-electron chi connectivity index (χ0n) is 23.0. The number of aliphatic hydroxyl groups excluding tert-OH is 1. The van der Waals surface area contributed by atoms with Crippen molar-refractivity contribution in [2.24, 2.45) is 0 Å². The third-order valence-corrected chi connectivity index (χ3v) is 7.64. The molecule has 210 valence electrons. The monoisotopic (exact) mass is 573 g/mol. The van der Waals surface area contributed by atoms with Crippen LogP contribution in [0.1, 0.15) is 54.1 Å². The number of aliphatic hydroxyl groups is 1. The van der Waals surface area contributed by atoms with E-state index in [2.05, 4.69) is 20.8 Å². The molecule has 3 aromatic carbocycles. The molecule has 0 aliphatic carbocycles. The molecule has 1 aromatic heterocycles. The molecule has 41 heavy (non-hydrogen) atoms. The summed E-state index contributed by atoms with van der Waals surface area (Å²) >= 11 is 6.22. The Labute approximate surface area is 241 Å². The van der Waals surface area contributed by atoms with Crippen LogP contribution in [0.25, 0.3) is 11.0 Å². The number of halogens is 1. The molecule has 1 N–H and O–H groups in total. The molecule has 6 rings (SSSR count). The fourth-order valence-electron chi connectivity index (χ4n) is 5.28. The highest BCUT2D eigenvalue weighted by atomic mass is 35.5. The first kappa shape index (κ1) is 26.8. The lowest BCUT2D eigenvalue weighted by molar-refractivity contribution is -0.130. The molecule has 4 aromatic rings. The standard InChI is InChI=1S/C32H28ClNO7/c1-32(2,3)20-8-6-18(7-9-20)27-26(28(35)24-13-19-12-21(33)14-25(38-4)30(19)41-24)29(36)31(37)34(27)15-17-5-10-22-23(11-17)40-16-39-22/h5-14,27,36H,15-16H2,1-4H3. The van der Waals surface area contributed by atoms with Crippen LogP contribution in [-0.2, 0) is 16.8 Å². The van der Waals surface area contributed by atoms with E-state index >= 15 is 0 Å². The molecule has 0 radical (unpaired) electrons. The van der Waals surface area contributed by atoms with Crippen molar-refractivity contribution in [1.29, 1.82) is 0 Å². The fourth-order valence-corrected chi connectivity index (χ4v) is 5.50. The number of Topliss-reactive ketones (excluding diaryl/α,β-unsaturated/α-hetero) is 1. The summed E-state index contributed by atoms with van der Waals surface area (Å²) in [6, 6.07) is 17.0. The molecule has 0 spiro atoms. The third kappa shape index (κ3) is 4.68. The van der Waals surface area contributed by atoms with Gasteiger partial charge in [-0.15, -0.1) is 0 Å². The Morgan fingerprint density at radius 3 is 2.49 bits per heavy atom. The minimum absolute atomic E-state index is 0.0452. The zero-order chi connectivity index (χ0) is 29.1. The van der Waals surface area contributed by atoms with Gasteiger partial charge in [-0.1, -0.05) is 62.7 Å². The molecular weight excluding hydrogens is 546 g/mol. The Morgan fingerprint density at radius 1 is 1.05 bits per heavy atom. The SMILES string of the molecule is COc1cc(Cl)cc2cc(C(=O)C3=C(O)C(=O)N(Cc4ccc5c(c4)OCO5)C3c3ccc(C(C)(C)C)cc3)oc12. The second-order valence-corrected chi connectivity index (χ2v) is 11.6. The van der Waals surface area contributed by atoms with Crippen molar-refractivity contribution in [3.05, 3.63) is 99.5 Å². The van der Waals surface area contributed by atoms with Crippen LogP contribution in [0.2, 0.25) is 5.02 Å². The van der Waals surface area contributed by atoms with E-state index in [0.717, 1.165) is 11.1 Å². The van der Waals surface area contributed by atoms with Gasteiger partial charge in [-0.3, -0.25) is 9.59 Å². The van der Waals surface area contributed by atoms with Gasteiger partial charge in [-0.25, -0.2) is 0 Å². The zero-order valence-corrected chi connectivity index (χ0v) is 23.7. The largest absolute Gasteiger partial charge is 0.503 e. The van der Waals surface area contributed by atoms with Crippen LogP contribution in [0.5, 0.6) is 17.2 Å². The average molecular weight is 574 g/mol. The summed E-state index contributed by atoms with van der Waals surface area (Å²) in [5.74, 6) is -0.374. The van der Waals surface area contributed by atoms with E-state index in [4.69, 9.17) is 30.2 Å². The van der Waals surface area contributed by atoms with E-state index in [1.807, 2.05) is 30.3 Å². The summed E-state index contributed by atoms with van der Waals surface area (Å²) in [6.07, 6.45) is 0. The number of fused-ring (bicyclic) bond motifs is 2. The van der Waals surface area contributed by atoms with Crippen LogP contribution >= 0.6 is 11.6 Å². The van der Waals surface area contributed by atoms with Gasteiger partial charge < -0.3 is 28.6 Å². The summed E-state index contributed by atoms with van der Waals surface area (Å²) in [6.45, 7) is 6.56. The van der Waals surface area contributed by atoms with E-state index < -0.39 is 23.5 Å². The number of furan rings is 1. The predicted molar refractivity (Wildman–Crippen MR) is 153 cm³/mol. The van der Waals surface area contributed by atoms with Gasteiger partial charge in [0.25, 0.3) is 5.91 Å². The van der Waals surface area contributed by atoms with Crippen molar-refractivity contribution in [3.8, 4) is 17.2 Å². The molecule has 9 heteroatoms. The first-order valence-corrected chi connectivity index (χ1v) is 13.5. The van der Waals surface area contributed by atoms with Gasteiger partial charge in [0.05, 0.1) is 18.7 Å². The second kappa shape index (κ2) is 9.89. The number of hydrogen-bond acceptors (Lipinski definition) is 7. The number of rotatable bonds is 6. The predicted octanol–water partition coefficient (Wildman–Crippen LogP) is 6.90. The van der Waals surface area contributed by atoms with E-state index in [-0.39, 0.29) is 30.1 Å². The number of benzene rings is 3. The third-order valence-electron chi connectivity index (χ3n) is 7.42. The van der Waals surface area contributed by atoms with Crippen LogP contribution in [0.4, 0.5) is 0 Å². The summed E-state index contributed by atoms with van der Waals surface area (Å²) in [7, 11) is 1.48. The van der Waals surface area contributed by atoms with Crippen LogP contribution in [0.3, 0.4) is 0 Å². The highest BCUT2D eigenvalue weighted by Crippen LogP contribution is 2.43. The van der Waals surface area contributed by atoms with E-state index in [1.165, 1.54) is 18.1 Å². The number of amides is 1. The van der Waals surface area contributed by atoms with Crippen molar-refractivity contribution in [2.45, 2.75) is 38.8 Å². The van der Waals surface area contributed by atoms with Crippen molar-refractivity contribution in [1.82, 2.24) is 4.90 Å². The molecule has 0 saturated heterocycles. The minimum atomic E-state index is -0.867. The topological polar surface area (TPSA) is 98.4 Å². The van der Waals surface area contributed by atoms with Crippen LogP contribution < -0.4 is 14.2 Å². The number of carbonyl (C=O) groups excluding carboxylic acids is 2. The summed E-state index contributed by atoms with van der Waals surface area (Å²) in [5, 5.41) is 12.1. The molecule has 3 heterocycles. The molecule has 8 nitrogen and oxygen atoms in total. The highest BCUT2D eigenvalue weighted by molar-refractivity contribution is 6.31. The quantitative estimate of drug-likeness (QED) is 0.250. The van der Waals surface area contributed by atoms with Crippen molar-refractivity contribution >= 4 is 34.3 Å².